The maximum Gasteiger partial charge on any atom is 0.328 e. The van der Waals surface area contributed by atoms with Crippen LogP contribution in [0, 0.1) is 0 Å². The minimum absolute atomic E-state index is 0.133. The Morgan fingerprint density at radius 1 is 1.24 bits per heavy atom. The van der Waals surface area contributed by atoms with Crippen molar-refractivity contribution >= 4 is 27.8 Å². The van der Waals surface area contributed by atoms with E-state index in [0.29, 0.717) is 16.0 Å². The van der Waals surface area contributed by atoms with E-state index in [1.165, 1.54) is 33.5 Å². The van der Waals surface area contributed by atoms with E-state index in [9.17, 15) is 9.59 Å². The number of ether oxygens (including phenoxy) is 3. The first-order chi connectivity index (χ1) is 9.94. The Hall–Kier alpha value is -1.80. The zero-order valence-electron chi connectivity index (χ0n) is 11.8. The molecule has 0 aliphatic carbocycles. The fourth-order valence-corrected chi connectivity index (χ4v) is 2.14. The number of benzene rings is 1. The van der Waals surface area contributed by atoms with E-state index < -0.39 is 17.9 Å². The first-order valence-electron chi connectivity index (χ1n) is 5.88. The highest BCUT2D eigenvalue weighted by atomic mass is 79.9. The molecule has 0 aliphatic heterocycles. The molecule has 0 radical (unpaired) electrons. The van der Waals surface area contributed by atoms with Gasteiger partial charge in [-0.05, 0) is 28.1 Å². The number of hydrogen-bond donors (Lipinski definition) is 2. The van der Waals surface area contributed by atoms with Gasteiger partial charge in [-0.2, -0.15) is 0 Å². The Morgan fingerprint density at radius 3 is 2.14 bits per heavy atom. The smallest absolute Gasteiger partial charge is 0.328 e. The van der Waals surface area contributed by atoms with Crippen molar-refractivity contribution in [1.82, 2.24) is 5.32 Å². The van der Waals surface area contributed by atoms with Gasteiger partial charge in [-0.25, -0.2) is 4.79 Å². The number of halogens is 1. The summed E-state index contributed by atoms with van der Waals surface area (Å²) in [6.07, 6.45) is 0. The van der Waals surface area contributed by atoms with Crippen molar-refractivity contribution in [1.29, 1.82) is 0 Å². The number of aliphatic carboxylic acids is 1. The zero-order chi connectivity index (χ0) is 16.0. The molecular formula is C13H16BrNO6. The number of carbonyl (C=O) groups excluding carboxylic acids is 1. The van der Waals surface area contributed by atoms with Crippen LogP contribution in [0.2, 0.25) is 0 Å². The lowest BCUT2D eigenvalue weighted by Gasteiger charge is -2.15. The Labute approximate surface area is 130 Å². The van der Waals surface area contributed by atoms with Gasteiger partial charge in [0.15, 0.2) is 6.04 Å². The Balaban J connectivity index is 3.04. The predicted octanol–water partition coefficient (Wildman–Crippen LogP) is 1.30. The summed E-state index contributed by atoms with van der Waals surface area (Å²) in [7, 11) is 4.26. The van der Waals surface area contributed by atoms with E-state index in [-0.39, 0.29) is 12.2 Å². The third kappa shape index (κ3) is 4.33. The van der Waals surface area contributed by atoms with Crippen molar-refractivity contribution in [3.05, 3.63) is 22.2 Å². The summed E-state index contributed by atoms with van der Waals surface area (Å²) in [6, 6.07) is 1.82. The van der Waals surface area contributed by atoms with Crippen molar-refractivity contribution in [2.24, 2.45) is 0 Å². The molecule has 1 amide bonds. The average molecular weight is 362 g/mol. The van der Waals surface area contributed by atoms with Crippen LogP contribution in [0.25, 0.3) is 0 Å². The van der Waals surface area contributed by atoms with E-state index in [2.05, 4.69) is 21.2 Å². The molecule has 0 fully saturated rings. The summed E-state index contributed by atoms with van der Waals surface area (Å²) < 4.78 is 15.6. The number of methoxy groups -OCH3 is 3. The van der Waals surface area contributed by atoms with Crippen LogP contribution in [-0.2, 0) is 9.53 Å². The molecule has 0 heterocycles. The van der Waals surface area contributed by atoms with Gasteiger partial charge in [0.2, 0.25) is 0 Å². The lowest BCUT2D eigenvalue weighted by atomic mass is 10.1. The van der Waals surface area contributed by atoms with Gasteiger partial charge in [-0.3, -0.25) is 4.79 Å². The van der Waals surface area contributed by atoms with Crippen molar-refractivity contribution in [3.63, 3.8) is 0 Å². The van der Waals surface area contributed by atoms with Crippen LogP contribution in [0.5, 0.6) is 11.5 Å². The third-order valence-corrected chi connectivity index (χ3v) is 3.43. The van der Waals surface area contributed by atoms with Crippen LogP contribution in [0.4, 0.5) is 0 Å². The number of nitrogens with one attached hydrogen (secondary N) is 1. The van der Waals surface area contributed by atoms with Gasteiger partial charge in [-0.15, -0.1) is 0 Å². The summed E-state index contributed by atoms with van der Waals surface area (Å²) in [4.78, 5) is 23.1. The molecule has 2 N–H and O–H groups in total. The highest BCUT2D eigenvalue weighted by Crippen LogP contribution is 2.35. The van der Waals surface area contributed by atoms with E-state index in [1.54, 1.807) is 0 Å². The molecular weight excluding hydrogens is 346 g/mol. The first kappa shape index (κ1) is 17.3. The van der Waals surface area contributed by atoms with Gasteiger partial charge >= 0.3 is 5.97 Å². The zero-order valence-corrected chi connectivity index (χ0v) is 13.4. The highest BCUT2D eigenvalue weighted by molar-refractivity contribution is 9.10. The van der Waals surface area contributed by atoms with Crippen molar-refractivity contribution in [3.8, 4) is 11.5 Å². The summed E-state index contributed by atoms with van der Waals surface area (Å²) in [5.74, 6) is -0.943. The van der Waals surface area contributed by atoms with Crippen LogP contribution in [0.3, 0.4) is 0 Å². The van der Waals surface area contributed by atoms with Crippen molar-refractivity contribution in [2.45, 2.75) is 6.04 Å². The predicted molar refractivity (Wildman–Crippen MR) is 78.0 cm³/mol. The van der Waals surface area contributed by atoms with E-state index >= 15 is 0 Å². The SMILES string of the molecule is COCC(NC(=O)c1cc(OC)c(Br)c(OC)c1)C(=O)O. The van der Waals surface area contributed by atoms with E-state index in [4.69, 9.17) is 19.3 Å². The number of hydrogen-bond acceptors (Lipinski definition) is 5. The minimum Gasteiger partial charge on any atom is -0.495 e. The molecule has 0 aliphatic rings. The molecule has 116 valence electrons. The average Bonchev–Trinajstić information content (AvgIpc) is 2.46. The Morgan fingerprint density at radius 2 is 1.76 bits per heavy atom. The van der Waals surface area contributed by atoms with Gasteiger partial charge in [0.1, 0.15) is 16.0 Å². The summed E-state index contributed by atoms with van der Waals surface area (Å²) >= 11 is 3.29. The fraction of sp³-hybridized carbons (Fsp3) is 0.385. The standard InChI is InChI=1S/C13H16BrNO6/c1-19-6-8(13(17)18)15-12(16)7-4-9(20-2)11(14)10(5-7)21-3/h4-5,8H,6H2,1-3H3,(H,15,16)(H,17,18). The number of carbonyl (C=O) groups is 2. The van der Waals surface area contributed by atoms with E-state index in [0.717, 1.165) is 0 Å². The van der Waals surface area contributed by atoms with Gasteiger partial charge in [0.05, 0.1) is 20.8 Å². The molecule has 21 heavy (non-hydrogen) atoms. The molecule has 0 saturated carbocycles. The summed E-state index contributed by atoms with van der Waals surface area (Å²) in [5, 5.41) is 11.4. The number of carboxylic acids is 1. The molecule has 7 nitrogen and oxygen atoms in total. The Kier molecular flexibility index (Phi) is 6.44. The normalized spacial score (nSPS) is 11.6. The number of amides is 1. The fourth-order valence-electron chi connectivity index (χ4n) is 1.58. The molecule has 1 aromatic carbocycles. The molecule has 0 aromatic heterocycles. The minimum atomic E-state index is -1.18. The van der Waals surface area contributed by atoms with Crippen LogP contribution >= 0.6 is 15.9 Å². The Bertz CT molecular complexity index is 508. The third-order valence-electron chi connectivity index (χ3n) is 2.64. The van der Waals surface area contributed by atoms with Gasteiger partial charge < -0.3 is 24.6 Å². The first-order valence-corrected chi connectivity index (χ1v) is 6.68. The molecule has 1 atom stereocenters. The lowest BCUT2D eigenvalue weighted by molar-refractivity contribution is -0.140. The van der Waals surface area contributed by atoms with Crippen LogP contribution in [-0.4, -0.2) is 51.0 Å². The van der Waals surface area contributed by atoms with Gasteiger partial charge in [0, 0.05) is 12.7 Å². The van der Waals surface area contributed by atoms with Crippen molar-refractivity contribution < 1.29 is 28.9 Å². The van der Waals surface area contributed by atoms with E-state index in [1.807, 2.05) is 0 Å². The lowest BCUT2D eigenvalue weighted by Crippen LogP contribution is -2.43. The molecule has 0 bridgehead atoms. The van der Waals surface area contributed by atoms with Crippen LogP contribution < -0.4 is 14.8 Å². The number of carboxylic acid groups (broad SMARTS) is 1. The number of rotatable bonds is 7. The topological polar surface area (TPSA) is 94.1 Å². The molecule has 0 spiro atoms. The summed E-state index contributed by atoms with van der Waals surface area (Å²) in [5.41, 5.74) is 0.217. The molecule has 1 unspecified atom stereocenters. The second-order valence-corrected chi connectivity index (χ2v) is 4.81. The molecule has 0 saturated heterocycles. The highest BCUT2D eigenvalue weighted by Gasteiger charge is 2.22. The quantitative estimate of drug-likeness (QED) is 0.759. The molecule has 1 rings (SSSR count). The van der Waals surface area contributed by atoms with Gasteiger partial charge in [-0.1, -0.05) is 0 Å². The largest absolute Gasteiger partial charge is 0.495 e. The monoisotopic (exact) mass is 361 g/mol. The summed E-state index contributed by atoms with van der Waals surface area (Å²) in [6.45, 7) is -0.133. The van der Waals surface area contributed by atoms with Crippen LogP contribution in [0.1, 0.15) is 10.4 Å². The van der Waals surface area contributed by atoms with Crippen molar-refractivity contribution in [2.75, 3.05) is 27.9 Å². The maximum atomic E-state index is 12.1. The van der Waals surface area contributed by atoms with Crippen LogP contribution in [0.15, 0.2) is 16.6 Å². The molecule has 8 heteroatoms. The second kappa shape index (κ2) is 7.84. The van der Waals surface area contributed by atoms with Gasteiger partial charge in [0.25, 0.3) is 5.91 Å². The second-order valence-electron chi connectivity index (χ2n) is 4.01. The molecule has 1 aromatic rings. The maximum absolute atomic E-state index is 12.1.